The summed E-state index contributed by atoms with van der Waals surface area (Å²) in [6, 6.07) is 12.4. The van der Waals surface area contributed by atoms with Gasteiger partial charge in [-0.1, -0.05) is 57.3 Å². The highest BCUT2D eigenvalue weighted by Gasteiger charge is 2.14. The fourth-order valence-corrected chi connectivity index (χ4v) is 3.96. The SMILES string of the molecule is Cc1sc(NC(=O)CCC(=O)c2ccc(Br)cc2)nc1-c1ccc(Cl)c(Cl)c1. The van der Waals surface area contributed by atoms with E-state index in [2.05, 4.69) is 26.2 Å². The molecule has 1 heterocycles. The summed E-state index contributed by atoms with van der Waals surface area (Å²) in [7, 11) is 0. The van der Waals surface area contributed by atoms with Crippen LogP contribution < -0.4 is 5.32 Å². The van der Waals surface area contributed by atoms with Crippen LogP contribution >= 0.6 is 50.5 Å². The molecule has 3 rings (SSSR count). The summed E-state index contributed by atoms with van der Waals surface area (Å²) < 4.78 is 0.902. The van der Waals surface area contributed by atoms with E-state index in [0.29, 0.717) is 20.7 Å². The predicted molar refractivity (Wildman–Crippen MR) is 119 cm³/mol. The molecule has 1 amide bonds. The summed E-state index contributed by atoms with van der Waals surface area (Å²) in [4.78, 5) is 29.8. The average molecular weight is 498 g/mol. The van der Waals surface area contributed by atoms with Gasteiger partial charge in [-0.05, 0) is 31.2 Å². The first kappa shape index (κ1) is 21.0. The van der Waals surface area contributed by atoms with Gasteiger partial charge in [-0.25, -0.2) is 4.98 Å². The van der Waals surface area contributed by atoms with Crippen LogP contribution in [0.3, 0.4) is 0 Å². The topological polar surface area (TPSA) is 59.1 Å². The van der Waals surface area contributed by atoms with E-state index in [9.17, 15) is 9.59 Å². The number of hydrogen-bond acceptors (Lipinski definition) is 4. The number of nitrogens with zero attached hydrogens (tertiary/aromatic N) is 1. The highest BCUT2D eigenvalue weighted by atomic mass is 79.9. The quantitative estimate of drug-likeness (QED) is 0.381. The number of carbonyl (C=O) groups is 2. The van der Waals surface area contributed by atoms with Crippen LogP contribution in [-0.4, -0.2) is 16.7 Å². The van der Waals surface area contributed by atoms with E-state index in [4.69, 9.17) is 23.2 Å². The van der Waals surface area contributed by atoms with Crippen LogP contribution in [0.15, 0.2) is 46.9 Å². The van der Waals surface area contributed by atoms with Crippen molar-refractivity contribution in [3.8, 4) is 11.3 Å². The molecular weight excluding hydrogens is 483 g/mol. The molecule has 28 heavy (non-hydrogen) atoms. The Bertz CT molecular complexity index is 1040. The number of anilines is 1. The zero-order chi connectivity index (χ0) is 20.3. The van der Waals surface area contributed by atoms with Crippen molar-refractivity contribution >= 4 is 67.3 Å². The number of nitrogens with one attached hydrogen (secondary N) is 1. The minimum absolute atomic E-state index is 0.0746. The van der Waals surface area contributed by atoms with Crippen LogP contribution in [0.25, 0.3) is 11.3 Å². The maximum atomic E-state index is 12.2. The second-order valence-corrected chi connectivity index (χ2v) is 8.96. The van der Waals surface area contributed by atoms with Gasteiger partial charge in [-0.2, -0.15) is 0 Å². The van der Waals surface area contributed by atoms with Crippen molar-refractivity contribution in [2.45, 2.75) is 19.8 Å². The number of hydrogen-bond donors (Lipinski definition) is 1. The molecule has 0 unspecified atom stereocenters. The second kappa shape index (κ2) is 9.18. The number of amides is 1. The Morgan fingerprint density at radius 2 is 1.79 bits per heavy atom. The zero-order valence-electron chi connectivity index (χ0n) is 14.8. The van der Waals surface area contributed by atoms with Gasteiger partial charge in [0.25, 0.3) is 0 Å². The smallest absolute Gasteiger partial charge is 0.226 e. The molecule has 0 bridgehead atoms. The van der Waals surface area contributed by atoms with Gasteiger partial charge in [0.15, 0.2) is 10.9 Å². The molecule has 2 aromatic carbocycles. The van der Waals surface area contributed by atoms with Crippen LogP contribution in [0.2, 0.25) is 10.0 Å². The highest BCUT2D eigenvalue weighted by Crippen LogP contribution is 2.33. The predicted octanol–water partition coefficient (Wildman–Crippen LogP) is 6.79. The van der Waals surface area contributed by atoms with Crippen molar-refractivity contribution in [2.24, 2.45) is 0 Å². The molecule has 3 aromatic rings. The first-order chi connectivity index (χ1) is 13.3. The standard InChI is InChI=1S/C20H15BrCl2N2O2S/c1-11-19(13-4-7-15(22)16(23)10-13)25-20(28-11)24-18(27)9-8-17(26)12-2-5-14(21)6-3-12/h2-7,10H,8-9H2,1H3,(H,24,25,27). The number of ketones is 1. The van der Waals surface area contributed by atoms with Gasteiger partial charge in [0.2, 0.25) is 5.91 Å². The summed E-state index contributed by atoms with van der Waals surface area (Å²) in [6.07, 6.45) is 0.229. The van der Waals surface area contributed by atoms with Crippen molar-refractivity contribution < 1.29 is 9.59 Å². The van der Waals surface area contributed by atoms with Gasteiger partial charge in [0.1, 0.15) is 0 Å². The summed E-state index contributed by atoms with van der Waals surface area (Å²) in [5.74, 6) is -0.325. The molecule has 0 saturated heterocycles. The van der Waals surface area contributed by atoms with Crippen LogP contribution in [0.4, 0.5) is 5.13 Å². The zero-order valence-corrected chi connectivity index (χ0v) is 18.7. The van der Waals surface area contributed by atoms with Crippen molar-refractivity contribution in [3.63, 3.8) is 0 Å². The largest absolute Gasteiger partial charge is 0.302 e. The number of thiazole rings is 1. The second-order valence-electron chi connectivity index (χ2n) is 6.03. The van der Waals surface area contributed by atoms with Crippen LogP contribution in [0, 0.1) is 6.92 Å². The van der Waals surface area contributed by atoms with Gasteiger partial charge >= 0.3 is 0 Å². The number of aryl methyl sites for hydroxylation is 1. The van der Waals surface area contributed by atoms with E-state index >= 15 is 0 Å². The van der Waals surface area contributed by atoms with Gasteiger partial charge in [-0.15, -0.1) is 11.3 Å². The number of benzene rings is 2. The fraction of sp³-hybridized carbons (Fsp3) is 0.150. The molecule has 0 aliphatic heterocycles. The van der Waals surface area contributed by atoms with Gasteiger partial charge < -0.3 is 5.32 Å². The van der Waals surface area contributed by atoms with Crippen LogP contribution in [0.1, 0.15) is 28.1 Å². The van der Waals surface area contributed by atoms with E-state index in [1.165, 1.54) is 11.3 Å². The summed E-state index contributed by atoms with van der Waals surface area (Å²) in [5, 5.41) is 4.17. The normalized spacial score (nSPS) is 10.7. The molecule has 0 aliphatic rings. The molecule has 4 nitrogen and oxygen atoms in total. The van der Waals surface area contributed by atoms with Crippen molar-refractivity contribution in [1.29, 1.82) is 0 Å². The Hall–Kier alpha value is -1.73. The number of carbonyl (C=O) groups excluding carboxylic acids is 2. The summed E-state index contributed by atoms with van der Waals surface area (Å²) >= 11 is 16.7. The third-order valence-corrected chi connectivity index (χ3v) is 6.14. The maximum Gasteiger partial charge on any atom is 0.226 e. The third kappa shape index (κ3) is 5.20. The molecule has 0 saturated carbocycles. The average Bonchev–Trinajstić information content (AvgIpc) is 3.02. The van der Waals surface area contributed by atoms with Crippen LogP contribution in [0.5, 0.6) is 0 Å². The molecule has 1 aromatic heterocycles. The van der Waals surface area contributed by atoms with Crippen LogP contribution in [-0.2, 0) is 4.79 Å². The Morgan fingerprint density at radius 1 is 1.07 bits per heavy atom. The molecule has 0 radical (unpaired) electrons. The Morgan fingerprint density at radius 3 is 2.46 bits per heavy atom. The first-order valence-electron chi connectivity index (χ1n) is 8.35. The van der Waals surface area contributed by atoms with Crippen molar-refractivity contribution in [3.05, 3.63) is 67.4 Å². The van der Waals surface area contributed by atoms with E-state index < -0.39 is 0 Å². The molecule has 0 spiro atoms. The molecule has 0 aliphatic carbocycles. The Kier molecular flexibility index (Phi) is 6.88. The third-order valence-electron chi connectivity index (χ3n) is 3.98. The summed E-state index contributed by atoms with van der Waals surface area (Å²) in [5.41, 5.74) is 2.15. The summed E-state index contributed by atoms with van der Waals surface area (Å²) in [6.45, 7) is 1.92. The van der Waals surface area contributed by atoms with E-state index in [-0.39, 0.29) is 24.5 Å². The molecular formula is C20H15BrCl2N2O2S. The first-order valence-corrected chi connectivity index (χ1v) is 10.7. The van der Waals surface area contributed by atoms with Crippen molar-refractivity contribution in [2.75, 3.05) is 5.32 Å². The maximum absolute atomic E-state index is 12.2. The fourth-order valence-electron chi connectivity index (χ4n) is 2.55. The van der Waals surface area contributed by atoms with Crippen molar-refractivity contribution in [1.82, 2.24) is 4.98 Å². The number of halogens is 3. The number of Topliss-reactive ketones (excluding diaryl/α,β-unsaturated/α-hetero) is 1. The lowest BCUT2D eigenvalue weighted by Crippen LogP contribution is -2.13. The molecule has 1 N–H and O–H groups in total. The van der Waals surface area contributed by atoms with E-state index in [1.807, 2.05) is 13.0 Å². The minimum atomic E-state index is -0.250. The van der Waals surface area contributed by atoms with Gasteiger partial charge in [0.05, 0.1) is 15.7 Å². The van der Waals surface area contributed by atoms with E-state index in [1.54, 1.807) is 36.4 Å². The molecule has 144 valence electrons. The molecule has 8 heteroatoms. The lowest BCUT2D eigenvalue weighted by Gasteiger charge is -2.03. The van der Waals surface area contributed by atoms with E-state index in [0.717, 1.165) is 20.6 Å². The van der Waals surface area contributed by atoms with Gasteiger partial charge in [0, 0.05) is 33.3 Å². The monoisotopic (exact) mass is 496 g/mol. The number of rotatable bonds is 6. The molecule has 0 fully saturated rings. The Balaban J connectivity index is 1.62. The minimum Gasteiger partial charge on any atom is -0.302 e. The Labute approximate surface area is 185 Å². The number of aromatic nitrogens is 1. The van der Waals surface area contributed by atoms with Gasteiger partial charge in [-0.3, -0.25) is 9.59 Å². The lowest BCUT2D eigenvalue weighted by molar-refractivity contribution is -0.116. The highest BCUT2D eigenvalue weighted by molar-refractivity contribution is 9.10. The molecule has 0 atom stereocenters. The lowest BCUT2D eigenvalue weighted by atomic mass is 10.1.